The average molecular weight is 213 g/mol. The quantitative estimate of drug-likeness (QED) is 0.712. The highest BCUT2D eigenvalue weighted by Gasteiger charge is 2.54. The zero-order chi connectivity index (χ0) is 11.2. The molecule has 1 aliphatic carbocycles. The van der Waals surface area contributed by atoms with Crippen LogP contribution in [-0.4, -0.2) is 40.9 Å². The molecule has 0 radical (unpaired) electrons. The Hall–Kier alpha value is -0.770. The van der Waals surface area contributed by atoms with E-state index in [2.05, 4.69) is 0 Å². The molecule has 3 atom stereocenters. The number of piperidine rings is 1. The van der Waals surface area contributed by atoms with E-state index < -0.39 is 5.60 Å². The van der Waals surface area contributed by atoms with Gasteiger partial charge >= 0.3 is 6.09 Å². The number of aliphatic hydroxyl groups excluding tert-OH is 1. The Labute approximate surface area is 90.2 Å². The molecular weight excluding hydrogens is 194 g/mol. The lowest BCUT2D eigenvalue weighted by atomic mass is 10.2. The van der Waals surface area contributed by atoms with Crippen LogP contribution in [-0.2, 0) is 4.74 Å². The summed E-state index contributed by atoms with van der Waals surface area (Å²) in [5, 5.41) is 9.23. The number of carbonyl (C=O) groups is 1. The first kappa shape index (κ1) is 10.7. The molecule has 1 aliphatic heterocycles. The minimum Gasteiger partial charge on any atom is -0.444 e. The molecular formula is C11H19NO3. The van der Waals surface area contributed by atoms with E-state index in [0.29, 0.717) is 11.8 Å². The molecule has 1 amide bonds. The second-order valence-corrected chi connectivity index (χ2v) is 5.54. The highest BCUT2D eigenvalue weighted by atomic mass is 16.6. The summed E-state index contributed by atoms with van der Waals surface area (Å²) >= 11 is 0. The summed E-state index contributed by atoms with van der Waals surface area (Å²) in [7, 11) is 0. The van der Waals surface area contributed by atoms with E-state index in [0.717, 1.165) is 13.0 Å². The SMILES string of the molecule is CC(C)(C)OC(=O)N1C[C@H]2C[C@H]2[C@H]1CO. The maximum atomic E-state index is 11.8. The van der Waals surface area contributed by atoms with Crippen LogP contribution >= 0.6 is 0 Å². The summed E-state index contributed by atoms with van der Waals surface area (Å²) in [6, 6.07) is -0.00940. The van der Waals surface area contributed by atoms with Gasteiger partial charge in [-0.15, -0.1) is 0 Å². The summed E-state index contributed by atoms with van der Waals surface area (Å²) in [5.41, 5.74) is -0.454. The summed E-state index contributed by atoms with van der Waals surface area (Å²) in [6.07, 6.45) is 0.874. The largest absolute Gasteiger partial charge is 0.444 e. The van der Waals surface area contributed by atoms with E-state index in [1.54, 1.807) is 4.90 Å². The predicted molar refractivity (Wildman–Crippen MR) is 55.4 cm³/mol. The van der Waals surface area contributed by atoms with Crippen LogP contribution < -0.4 is 0 Å². The molecule has 2 rings (SSSR count). The third-order valence-electron chi connectivity index (χ3n) is 3.12. The molecule has 0 unspecified atom stereocenters. The van der Waals surface area contributed by atoms with Crippen molar-refractivity contribution in [1.29, 1.82) is 0 Å². The predicted octanol–water partition coefficient (Wildman–Crippen LogP) is 1.23. The van der Waals surface area contributed by atoms with Crippen molar-refractivity contribution in [3.8, 4) is 0 Å². The molecule has 1 saturated carbocycles. The van der Waals surface area contributed by atoms with Gasteiger partial charge < -0.3 is 14.7 Å². The summed E-state index contributed by atoms with van der Waals surface area (Å²) < 4.78 is 5.30. The van der Waals surface area contributed by atoms with Crippen LogP contribution in [0.4, 0.5) is 4.79 Å². The first-order chi connectivity index (χ1) is 6.92. The highest BCUT2D eigenvalue weighted by Crippen LogP contribution is 2.49. The Morgan fingerprint density at radius 1 is 1.53 bits per heavy atom. The van der Waals surface area contributed by atoms with Crippen molar-refractivity contribution in [2.45, 2.75) is 38.8 Å². The van der Waals surface area contributed by atoms with Crippen molar-refractivity contribution in [2.75, 3.05) is 13.2 Å². The van der Waals surface area contributed by atoms with Crippen molar-refractivity contribution in [1.82, 2.24) is 4.90 Å². The maximum Gasteiger partial charge on any atom is 0.410 e. The Balaban J connectivity index is 1.96. The first-order valence-electron chi connectivity index (χ1n) is 5.53. The number of likely N-dealkylation sites (tertiary alicyclic amines) is 1. The Morgan fingerprint density at radius 2 is 2.20 bits per heavy atom. The van der Waals surface area contributed by atoms with Gasteiger partial charge in [-0.2, -0.15) is 0 Å². The number of hydrogen-bond donors (Lipinski definition) is 1. The van der Waals surface area contributed by atoms with Gasteiger partial charge in [0.15, 0.2) is 0 Å². The lowest BCUT2D eigenvalue weighted by molar-refractivity contribution is 0.0133. The number of amides is 1. The van der Waals surface area contributed by atoms with Crippen LogP contribution in [0.2, 0.25) is 0 Å². The third kappa shape index (κ3) is 2.09. The zero-order valence-corrected chi connectivity index (χ0v) is 9.56. The van der Waals surface area contributed by atoms with Crippen LogP contribution in [0.25, 0.3) is 0 Å². The van der Waals surface area contributed by atoms with Crippen LogP contribution in [0.1, 0.15) is 27.2 Å². The molecule has 2 aliphatic rings. The number of hydrogen-bond acceptors (Lipinski definition) is 3. The van der Waals surface area contributed by atoms with Crippen molar-refractivity contribution in [3.05, 3.63) is 0 Å². The number of rotatable bonds is 1. The summed E-state index contributed by atoms with van der Waals surface area (Å²) in [6.45, 7) is 6.38. The number of carbonyl (C=O) groups excluding carboxylic acids is 1. The Kier molecular flexibility index (Phi) is 2.41. The average Bonchev–Trinajstić information content (AvgIpc) is 2.75. The fourth-order valence-electron chi connectivity index (χ4n) is 2.34. The number of fused-ring (bicyclic) bond motifs is 1. The maximum absolute atomic E-state index is 11.8. The molecule has 0 bridgehead atoms. The van der Waals surface area contributed by atoms with E-state index in [-0.39, 0.29) is 18.7 Å². The summed E-state index contributed by atoms with van der Waals surface area (Å²) in [5.74, 6) is 1.12. The van der Waals surface area contributed by atoms with Gasteiger partial charge in [0.1, 0.15) is 5.60 Å². The number of aliphatic hydroxyl groups is 1. The van der Waals surface area contributed by atoms with Gasteiger partial charge in [0.2, 0.25) is 0 Å². The molecule has 0 spiro atoms. The molecule has 4 nitrogen and oxygen atoms in total. The lowest BCUT2D eigenvalue weighted by Gasteiger charge is -2.29. The first-order valence-corrected chi connectivity index (χ1v) is 5.53. The molecule has 1 heterocycles. The van der Waals surface area contributed by atoms with Crippen molar-refractivity contribution >= 4 is 6.09 Å². The molecule has 2 fully saturated rings. The number of ether oxygens (including phenoxy) is 1. The van der Waals surface area contributed by atoms with Gasteiger partial charge in [0, 0.05) is 6.54 Å². The minimum absolute atomic E-state index is 0.00940. The summed E-state index contributed by atoms with van der Waals surface area (Å²) in [4.78, 5) is 13.5. The van der Waals surface area contributed by atoms with Gasteiger partial charge in [-0.05, 0) is 39.0 Å². The van der Waals surface area contributed by atoms with Crippen molar-refractivity contribution in [2.24, 2.45) is 11.8 Å². The fourth-order valence-corrected chi connectivity index (χ4v) is 2.34. The second-order valence-electron chi connectivity index (χ2n) is 5.54. The minimum atomic E-state index is -0.454. The van der Waals surface area contributed by atoms with Crippen molar-refractivity contribution < 1.29 is 14.6 Å². The molecule has 0 aromatic carbocycles. The van der Waals surface area contributed by atoms with Crippen LogP contribution in [0.3, 0.4) is 0 Å². The highest BCUT2D eigenvalue weighted by molar-refractivity contribution is 5.69. The van der Waals surface area contributed by atoms with E-state index in [4.69, 9.17) is 4.74 Å². The molecule has 1 saturated heterocycles. The molecule has 15 heavy (non-hydrogen) atoms. The van der Waals surface area contributed by atoms with Crippen molar-refractivity contribution in [3.63, 3.8) is 0 Å². The van der Waals surface area contributed by atoms with Crippen LogP contribution in [0.15, 0.2) is 0 Å². The molecule has 0 aromatic heterocycles. The molecule has 1 N–H and O–H groups in total. The number of nitrogens with zero attached hydrogens (tertiary/aromatic N) is 1. The normalized spacial score (nSPS) is 33.9. The second kappa shape index (κ2) is 3.37. The van der Waals surface area contributed by atoms with E-state index in [1.165, 1.54) is 0 Å². The van der Waals surface area contributed by atoms with Crippen LogP contribution in [0.5, 0.6) is 0 Å². The van der Waals surface area contributed by atoms with Gasteiger partial charge in [0.05, 0.1) is 12.6 Å². The topological polar surface area (TPSA) is 49.8 Å². The standard InChI is InChI=1S/C11H19NO3/c1-11(2,3)15-10(14)12-5-7-4-8(7)9(12)6-13/h7-9,13H,4-6H2,1-3H3/t7-,8-,9-/m1/s1. The Morgan fingerprint density at radius 3 is 2.73 bits per heavy atom. The van der Waals surface area contributed by atoms with E-state index in [9.17, 15) is 9.90 Å². The van der Waals surface area contributed by atoms with Gasteiger partial charge in [0.25, 0.3) is 0 Å². The van der Waals surface area contributed by atoms with Gasteiger partial charge in [-0.1, -0.05) is 0 Å². The molecule has 0 aromatic rings. The molecule has 86 valence electrons. The lowest BCUT2D eigenvalue weighted by Crippen LogP contribution is -2.43. The van der Waals surface area contributed by atoms with Crippen LogP contribution in [0, 0.1) is 11.8 Å². The smallest absolute Gasteiger partial charge is 0.410 e. The monoisotopic (exact) mass is 213 g/mol. The van der Waals surface area contributed by atoms with E-state index >= 15 is 0 Å². The third-order valence-corrected chi connectivity index (χ3v) is 3.12. The van der Waals surface area contributed by atoms with Gasteiger partial charge in [-0.25, -0.2) is 4.79 Å². The van der Waals surface area contributed by atoms with Gasteiger partial charge in [-0.3, -0.25) is 0 Å². The Bertz CT molecular complexity index is 271. The fraction of sp³-hybridized carbons (Fsp3) is 0.909. The zero-order valence-electron chi connectivity index (χ0n) is 9.56. The van der Waals surface area contributed by atoms with E-state index in [1.807, 2.05) is 20.8 Å². The molecule has 4 heteroatoms.